The summed E-state index contributed by atoms with van der Waals surface area (Å²) in [5.74, 6) is 0. The second-order valence-electron chi connectivity index (χ2n) is 14.3. The summed E-state index contributed by atoms with van der Waals surface area (Å²) >= 11 is 3.66. The van der Waals surface area contributed by atoms with Crippen LogP contribution in [-0.4, -0.2) is 9.55 Å². The molecule has 0 radical (unpaired) electrons. The van der Waals surface area contributed by atoms with Gasteiger partial charge in [0.1, 0.15) is 5.01 Å². The lowest BCUT2D eigenvalue weighted by molar-refractivity contribution is 1.18. The van der Waals surface area contributed by atoms with Gasteiger partial charge in [0.15, 0.2) is 0 Å². The molecular formula is C51H30N2S2. The fraction of sp³-hybridized carbons (Fsp3) is 0. The van der Waals surface area contributed by atoms with Gasteiger partial charge in [0.2, 0.25) is 0 Å². The zero-order valence-electron chi connectivity index (χ0n) is 29.5. The van der Waals surface area contributed by atoms with E-state index in [0.29, 0.717) is 0 Å². The maximum atomic E-state index is 5.54. The topological polar surface area (TPSA) is 17.8 Å². The number of para-hydroxylation sites is 1. The Bertz CT molecular complexity index is 3480. The molecule has 0 aliphatic rings. The van der Waals surface area contributed by atoms with Gasteiger partial charge < -0.3 is 4.57 Å². The van der Waals surface area contributed by atoms with Crippen molar-refractivity contribution in [3.63, 3.8) is 0 Å². The van der Waals surface area contributed by atoms with Crippen LogP contribution < -0.4 is 0 Å². The number of hydrogen-bond donors (Lipinski definition) is 0. The van der Waals surface area contributed by atoms with Crippen LogP contribution in [0.4, 0.5) is 0 Å². The van der Waals surface area contributed by atoms with E-state index < -0.39 is 0 Å². The lowest BCUT2D eigenvalue weighted by atomic mass is 9.97. The van der Waals surface area contributed by atoms with E-state index in [2.05, 4.69) is 187 Å². The molecule has 0 saturated heterocycles. The van der Waals surface area contributed by atoms with Crippen molar-refractivity contribution < 1.29 is 0 Å². The first-order valence-electron chi connectivity index (χ1n) is 18.6. The van der Waals surface area contributed by atoms with E-state index in [1.165, 1.54) is 90.5 Å². The summed E-state index contributed by atoms with van der Waals surface area (Å²) in [5, 5.41) is 11.1. The first-order valence-corrected chi connectivity index (χ1v) is 20.2. The quantitative estimate of drug-likeness (QED) is 0.176. The Hall–Kier alpha value is -6.59. The number of hydrogen-bond acceptors (Lipinski definition) is 3. The van der Waals surface area contributed by atoms with Crippen molar-refractivity contribution in [2.24, 2.45) is 0 Å². The molecule has 0 aliphatic heterocycles. The van der Waals surface area contributed by atoms with Crippen LogP contribution in [0.2, 0.25) is 0 Å². The number of benzene rings is 9. The Morgan fingerprint density at radius 1 is 0.400 bits per heavy atom. The van der Waals surface area contributed by atoms with E-state index in [9.17, 15) is 0 Å². The molecule has 0 fully saturated rings. The number of thiazole rings is 1. The molecule has 3 heterocycles. The van der Waals surface area contributed by atoms with Gasteiger partial charge >= 0.3 is 0 Å². The Morgan fingerprint density at radius 2 is 1.09 bits per heavy atom. The summed E-state index contributed by atoms with van der Waals surface area (Å²) < 4.78 is 6.20. The van der Waals surface area contributed by atoms with Gasteiger partial charge in [-0.3, -0.25) is 0 Å². The summed E-state index contributed by atoms with van der Waals surface area (Å²) in [4.78, 5) is 5.54. The van der Waals surface area contributed by atoms with E-state index in [1.807, 2.05) is 11.3 Å². The second-order valence-corrected chi connectivity index (χ2v) is 16.4. The molecule has 2 nitrogen and oxygen atoms in total. The second kappa shape index (κ2) is 12.0. The Kier molecular flexibility index (Phi) is 6.70. The van der Waals surface area contributed by atoms with E-state index in [-0.39, 0.29) is 0 Å². The molecule has 0 spiro atoms. The molecule has 9 aromatic carbocycles. The molecule has 12 aromatic rings. The highest BCUT2D eigenvalue weighted by Gasteiger charge is 2.21. The van der Waals surface area contributed by atoms with Crippen molar-refractivity contribution in [3.8, 4) is 38.5 Å². The molecule has 0 amide bonds. The minimum Gasteiger partial charge on any atom is -0.309 e. The van der Waals surface area contributed by atoms with Crippen molar-refractivity contribution in [1.29, 1.82) is 0 Å². The lowest BCUT2D eigenvalue weighted by Crippen LogP contribution is -1.93. The van der Waals surface area contributed by atoms with Gasteiger partial charge in [-0.05, 0) is 80.7 Å². The maximum Gasteiger partial charge on any atom is 0.124 e. The smallest absolute Gasteiger partial charge is 0.124 e. The molecular weight excluding hydrogens is 705 g/mol. The van der Waals surface area contributed by atoms with Crippen LogP contribution >= 0.6 is 22.7 Å². The van der Waals surface area contributed by atoms with Crippen LogP contribution in [0.1, 0.15) is 0 Å². The minimum absolute atomic E-state index is 1.03. The molecule has 0 saturated carbocycles. The third kappa shape index (κ3) is 4.75. The Labute approximate surface area is 324 Å². The molecule has 0 unspecified atom stereocenters. The predicted octanol–water partition coefficient (Wildman–Crippen LogP) is 15.1. The summed E-state index contributed by atoms with van der Waals surface area (Å²) in [7, 11) is 0. The van der Waals surface area contributed by atoms with Crippen molar-refractivity contribution in [2.45, 2.75) is 0 Å². The first kappa shape index (κ1) is 30.8. The van der Waals surface area contributed by atoms with Crippen LogP contribution in [0, 0.1) is 0 Å². The summed E-state index contributed by atoms with van der Waals surface area (Å²) in [6.07, 6.45) is 0. The van der Waals surface area contributed by atoms with Crippen LogP contribution in [0.3, 0.4) is 0 Å². The van der Waals surface area contributed by atoms with Crippen LogP contribution in [-0.2, 0) is 0 Å². The third-order valence-corrected chi connectivity index (χ3v) is 13.5. The largest absolute Gasteiger partial charge is 0.309 e. The van der Waals surface area contributed by atoms with Gasteiger partial charge in [0.05, 0.1) is 21.3 Å². The van der Waals surface area contributed by atoms with Gasteiger partial charge in [0.25, 0.3) is 0 Å². The average Bonchev–Trinajstić information content (AvgIpc) is 3.95. The molecule has 0 bridgehead atoms. The highest BCUT2D eigenvalue weighted by atomic mass is 32.1. The normalized spacial score (nSPS) is 12.0. The molecule has 55 heavy (non-hydrogen) atoms. The Balaban J connectivity index is 1.07. The van der Waals surface area contributed by atoms with Gasteiger partial charge in [-0.25, -0.2) is 4.98 Å². The van der Waals surface area contributed by atoms with Crippen molar-refractivity contribution in [1.82, 2.24) is 9.55 Å². The van der Waals surface area contributed by atoms with Crippen LogP contribution in [0.5, 0.6) is 0 Å². The van der Waals surface area contributed by atoms with E-state index >= 15 is 0 Å². The van der Waals surface area contributed by atoms with Gasteiger partial charge in [-0.15, -0.1) is 22.7 Å². The molecule has 0 atom stereocenters. The first-order chi connectivity index (χ1) is 27.2. The molecule has 4 heteroatoms. The number of rotatable bonds is 4. The highest BCUT2D eigenvalue weighted by Crippen LogP contribution is 2.47. The van der Waals surface area contributed by atoms with Gasteiger partial charge in [-0.1, -0.05) is 140 Å². The number of aromatic nitrogens is 2. The molecule has 12 rings (SSSR count). The summed E-state index contributed by atoms with van der Waals surface area (Å²) in [6, 6.07) is 66.5. The number of nitrogens with zero attached hydrogens (tertiary/aromatic N) is 2. The number of fused-ring (bicyclic) bond motifs is 11. The molecule has 0 aliphatic carbocycles. The monoisotopic (exact) mass is 734 g/mol. The fourth-order valence-corrected chi connectivity index (χ4v) is 10.9. The zero-order chi connectivity index (χ0) is 36.0. The molecule has 0 N–H and O–H groups in total. The van der Waals surface area contributed by atoms with Crippen molar-refractivity contribution in [2.75, 3.05) is 0 Å². The van der Waals surface area contributed by atoms with E-state index in [0.717, 1.165) is 21.8 Å². The fourth-order valence-electron chi connectivity index (χ4n) is 8.60. The van der Waals surface area contributed by atoms with Crippen molar-refractivity contribution >= 4 is 96.4 Å². The zero-order valence-corrected chi connectivity index (χ0v) is 31.2. The van der Waals surface area contributed by atoms with Gasteiger partial charge in [-0.2, -0.15) is 0 Å². The average molecular weight is 735 g/mol. The van der Waals surface area contributed by atoms with Gasteiger partial charge in [0, 0.05) is 47.8 Å². The Morgan fingerprint density at radius 3 is 1.96 bits per heavy atom. The molecule has 256 valence electrons. The lowest BCUT2D eigenvalue weighted by Gasteiger charge is -2.08. The van der Waals surface area contributed by atoms with Crippen LogP contribution in [0.15, 0.2) is 182 Å². The minimum atomic E-state index is 1.03. The summed E-state index contributed by atoms with van der Waals surface area (Å²) in [5.41, 5.74) is 10.6. The van der Waals surface area contributed by atoms with E-state index in [1.54, 1.807) is 11.3 Å². The maximum absolute atomic E-state index is 5.54. The highest BCUT2D eigenvalue weighted by molar-refractivity contribution is 7.26. The number of thiophene rings is 1. The standard InChI is InChI=1S/C51H30N2S2/c1-2-13-38(14-3-1)53-43-27-25-33-11-6-7-15-39(33)47(43)40-26-24-37(29-44(40)53)51-52-49-48-41-16-8-9-17-45(41)54-46(48)30-42(50(49)55-51)34-21-18-32(19-22-34)36-23-20-31-10-4-5-12-35(31)28-36/h1-30H. The summed E-state index contributed by atoms with van der Waals surface area (Å²) in [6.45, 7) is 0. The predicted molar refractivity (Wildman–Crippen MR) is 238 cm³/mol. The SMILES string of the molecule is c1ccc(-n2c3cc(-c4nc5c(s4)c(-c4ccc(-c6ccc7ccccc7c6)cc4)cc4sc6ccccc6c45)ccc3c3c4ccccc4ccc32)cc1. The molecule has 3 aromatic heterocycles. The third-order valence-electron chi connectivity index (χ3n) is 11.2. The van der Waals surface area contributed by atoms with E-state index in [4.69, 9.17) is 4.98 Å². The van der Waals surface area contributed by atoms with Crippen molar-refractivity contribution in [3.05, 3.63) is 182 Å². The van der Waals surface area contributed by atoms with Crippen LogP contribution in [0.25, 0.3) is 112 Å².